The lowest BCUT2D eigenvalue weighted by atomic mass is 9.94. The van der Waals surface area contributed by atoms with E-state index in [0.717, 1.165) is 52.0 Å². The number of piperidine rings is 1. The molecule has 172 valence electrons. The summed E-state index contributed by atoms with van der Waals surface area (Å²) in [5.41, 5.74) is 1.60. The maximum absolute atomic E-state index is 13.8. The van der Waals surface area contributed by atoms with Crippen molar-refractivity contribution in [2.24, 2.45) is 5.92 Å². The van der Waals surface area contributed by atoms with Crippen LogP contribution in [-0.2, 0) is 0 Å². The summed E-state index contributed by atoms with van der Waals surface area (Å²) in [5.74, 6) is 0.732. The zero-order chi connectivity index (χ0) is 21.8. The minimum atomic E-state index is -0.226. The number of aromatic nitrogens is 1. The van der Waals surface area contributed by atoms with E-state index in [1.807, 2.05) is 23.1 Å². The van der Waals surface area contributed by atoms with Crippen molar-refractivity contribution < 1.29 is 9.59 Å². The van der Waals surface area contributed by atoms with Crippen molar-refractivity contribution in [2.75, 3.05) is 42.9 Å². The van der Waals surface area contributed by atoms with Crippen LogP contribution < -0.4 is 10.2 Å². The highest BCUT2D eigenvalue weighted by Crippen LogP contribution is 2.37. The maximum atomic E-state index is 13.8. The number of hydrogen-bond acceptors (Lipinski definition) is 4. The van der Waals surface area contributed by atoms with Crippen LogP contribution in [0.2, 0.25) is 0 Å². The van der Waals surface area contributed by atoms with Gasteiger partial charge in [0.1, 0.15) is 0 Å². The second kappa shape index (κ2) is 10.8. The predicted octanol–water partition coefficient (Wildman–Crippen LogP) is 4.77. The van der Waals surface area contributed by atoms with Crippen LogP contribution >= 0.6 is 12.4 Å². The summed E-state index contributed by atoms with van der Waals surface area (Å²) in [6, 6.07) is 10.7. The molecule has 2 aliphatic rings. The molecule has 7 nitrogen and oxygen atoms in total. The van der Waals surface area contributed by atoms with Gasteiger partial charge in [-0.25, -0.2) is 14.7 Å². The van der Waals surface area contributed by atoms with E-state index in [2.05, 4.69) is 29.0 Å². The first-order chi connectivity index (χ1) is 15.1. The SMILES string of the molecule is CCN(CC)CCC1CCCN(C(=O)N2c3ccccc3C(=O)Nc3cccnc32)C1.Cl. The molecule has 3 amide bonds. The van der Waals surface area contributed by atoms with Crippen LogP contribution in [0.15, 0.2) is 42.6 Å². The Balaban J connectivity index is 0.00000289. The number of hydrogen-bond donors (Lipinski definition) is 1. The van der Waals surface area contributed by atoms with E-state index >= 15 is 0 Å². The molecule has 1 saturated heterocycles. The van der Waals surface area contributed by atoms with Crippen LogP contribution in [0.4, 0.5) is 22.0 Å². The first-order valence-electron chi connectivity index (χ1n) is 11.3. The Hall–Kier alpha value is -2.64. The number of amides is 3. The van der Waals surface area contributed by atoms with Crippen molar-refractivity contribution in [3.8, 4) is 0 Å². The van der Waals surface area contributed by atoms with Gasteiger partial charge in [-0.15, -0.1) is 12.4 Å². The van der Waals surface area contributed by atoms with Crippen LogP contribution in [0.25, 0.3) is 0 Å². The van der Waals surface area contributed by atoms with E-state index in [1.165, 1.54) is 0 Å². The second-order valence-corrected chi connectivity index (χ2v) is 8.23. The number of likely N-dealkylation sites (tertiary alicyclic amines) is 1. The molecule has 1 aromatic heterocycles. The van der Waals surface area contributed by atoms with Crippen LogP contribution in [0, 0.1) is 5.92 Å². The van der Waals surface area contributed by atoms with Crippen molar-refractivity contribution in [3.05, 3.63) is 48.2 Å². The summed E-state index contributed by atoms with van der Waals surface area (Å²) < 4.78 is 0. The molecule has 1 unspecified atom stereocenters. The van der Waals surface area contributed by atoms with Gasteiger partial charge in [0.25, 0.3) is 5.91 Å². The minimum Gasteiger partial charge on any atom is -0.324 e. The van der Waals surface area contributed by atoms with Gasteiger partial charge in [-0.2, -0.15) is 0 Å². The first-order valence-corrected chi connectivity index (χ1v) is 11.3. The third-order valence-corrected chi connectivity index (χ3v) is 6.37. The number of carbonyl (C=O) groups excluding carboxylic acids is 2. The molecule has 8 heteroatoms. The molecule has 4 rings (SSSR count). The standard InChI is InChI=1S/C24H31N5O2.ClH/c1-3-27(4-2)16-13-18-9-8-15-28(17-18)24(31)29-21-12-6-5-10-19(21)23(30)26-20-11-7-14-25-22(20)29;/h5-7,10-12,14,18H,3-4,8-9,13,15-17H2,1-2H3,(H,26,30);1H. The van der Waals surface area contributed by atoms with E-state index in [-0.39, 0.29) is 24.3 Å². The lowest BCUT2D eigenvalue weighted by molar-refractivity contribution is 0.102. The number of nitrogens with zero attached hydrogens (tertiary/aromatic N) is 4. The van der Waals surface area contributed by atoms with E-state index < -0.39 is 0 Å². The fourth-order valence-corrected chi connectivity index (χ4v) is 4.55. The Morgan fingerprint density at radius 3 is 2.75 bits per heavy atom. The monoisotopic (exact) mass is 457 g/mol. The molecule has 0 aliphatic carbocycles. The van der Waals surface area contributed by atoms with Crippen LogP contribution in [0.3, 0.4) is 0 Å². The molecule has 2 aliphatic heterocycles. The van der Waals surface area contributed by atoms with Crippen molar-refractivity contribution >= 4 is 41.5 Å². The molecule has 0 saturated carbocycles. The summed E-state index contributed by atoms with van der Waals surface area (Å²) in [5, 5.41) is 2.90. The van der Waals surface area contributed by atoms with Crippen LogP contribution in [0.5, 0.6) is 0 Å². The number of fused-ring (bicyclic) bond motifs is 2. The molecule has 1 N–H and O–H groups in total. The Labute approximate surface area is 196 Å². The fourth-order valence-electron chi connectivity index (χ4n) is 4.55. The molecule has 32 heavy (non-hydrogen) atoms. The molecule has 0 bridgehead atoms. The van der Waals surface area contributed by atoms with Crippen LogP contribution in [-0.4, -0.2) is 59.4 Å². The highest BCUT2D eigenvalue weighted by Gasteiger charge is 2.34. The Morgan fingerprint density at radius 1 is 1.19 bits per heavy atom. The zero-order valence-electron chi connectivity index (χ0n) is 18.8. The summed E-state index contributed by atoms with van der Waals surface area (Å²) in [6.45, 7) is 9.02. The number of anilines is 3. The van der Waals surface area contributed by atoms with Gasteiger partial charge in [-0.3, -0.25) is 4.79 Å². The quantitative estimate of drug-likeness (QED) is 0.702. The molecule has 0 spiro atoms. The van der Waals surface area contributed by atoms with E-state index in [9.17, 15) is 9.59 Å². The van der Waals surface area contributed by atoms with Gasteiger partial charge in [0.15, 0.2) is 5.82 Å². The van der Waals surface area contributed by atoms with Crippen molar-refractivity contribution in [1.29, 1.82) is 0 Å². The van der Waals surface area contributed by atoms with Gasteiger partial charge in [-0.05, 0) is 69.1 Å². The number of nitrogens with one attached hydrogen (secondary N) is 1. The number of urea groups is 1. The van der Waals surface area contributed by atoms with Gasteiger partial charge < -0.3 is 15.1 Å². The normalized spacial score (nSPS) is 17.7. The fraction of sp³-hybridized carbons (Fsp3) is 0.458. The lowest BCUT2D eigenvalue weighted by Gasteiger charge is -2.37. The highest BCUT2D eigenvalue weighted by molar-refractivity contribution is 6.16. The zero-order valence-corrected chi connectivity index (χ0v) is 19.6. The van der Waals surface area contributed by atoms with Crippen molar-refractivity contribution in [2.45, 2.75) is 33.1 Å². The highest BCUT2D eigenvalue weighted by atomic mass is 35.5. The Kier molecular flexibility index (Phi) is 8.10. The molecule has 1 atom stereocenters. The first kappa shape index (κ1) is 24.0. The van der Waals surface area contributed by atoms with E-state index in [1.54, 1.807) is 29.3 Å². The summed E-state index contributed by atoms with van der Waals surface area (Å²) >= 11 is 0. The third kappa shape index (κ3) is 4.89. The molecule has 3 heterocycles. The van der Waals surface area contributed by atoms with E-state index in [4.69, 9.17) is 0 Å². The van der Waals surface area contributed by atoms with Crippen molar-refractivity contribution in [1.82, 2.24) is 14.8 Å². The van der Waals surface area contributed by atoms with Gasteiger partial charge in [0.2, 0.25) is 0 Å². The number of carbonyl (C=O) groups is 2. The average molecular weight is 458 g/mol. The summed E-state index contributed by atoms with van der Waals surface area (Å²) in [6.07, 6.45) is 4.89. The smallest absolute Gasteiger partial charge is 0.324 e. The van der Waals surface area contributed by atoms with Crippen LogP contribution in [0.1, 0.15) is 43.5 Å². The average Bonchev–Trinajstić information content (AvgIpc) is 2.93. The molecule has 0 radical (unpaired) electrons. The molecule has 1 fully saturated rings. The second-order valence-electron chi connectivity index (χ2n) is 8.23. The number of halogens is 1. The Morgan fingerprint density at radius 2 is 1.97 bits per heavy atom. The summed E-state index contributed by atoms with van der Waals surface area (Å²) in [4.78, 5) is 37.0. The number of para-hydroxylation sites is 1. The lowest BCUT2D eigenvalue weighted by Crippen LogP contribution is -2.47. The molecule has 2 aromatic rings. The molecule has 1 aromatic carbocycles. The van der Waals surface area contributed by atoms with Gasteiger partial charge in [0.05, 0.1) is 16.9 Å². The Bertz CT molecular complexity index is 949. The number of rotatable bonds is 5. The minimum absolute atomic E-state index is 0. The van der Waals surface area contributed by atoms with E-state index in [0.29, 0.717) is 28.7 Å². The number of pyridine rings is 1. The van der Waals surface area contributed by atoms with Crippen molar-refractivity contribution in [3.63, 3.8) is 0 Å². The number of benzene rings is 1. The molecular weight excluding hydrogens is 426 g/mol. The third-order valence-electron chi connectivity index (χ3n) is 6.37. The van der Waals surface area contributed by atoms with Gasteiger partial charge in [-0.1, -0.05) is 26.0 Å². The maximum Gasteiger partial charge on any atom is 0.330 e. The largest absolute Gasteiger partial charge is 0.330 e. The predicted molar refractivity (Wildman–Crippen MR) is 130 cm³/mol. The summed E-state index contributed by atoms with van der Waals surface area (Å²) in [7, 11) is 0. The molecular formula is C24H32ClN5O2. The van der Waals surface area contributed by atoms with Gasteiger partial charge in [0, 0.05) is 19.3 Å². The topological polar surface area (TPSA) is 68.8 Å². The van der Waals surface area contributed by atoms with Gasteiger partial charge >= 0.3 is 6.03 Å².